The molecule has 9 heteroatoms. The lowest BCUT2D eigenvalue weighted by Crippen LogP contribution is -2.49. The number of nitrogens with one attached hydrogen (secondary N) is 1. The van der Waals surface area contributed by atoms with Crippen LogP contribution in [0.25, 0.3) is 0 Å². The van der Waals surface area contributed by atoms with Crippen LogP contribution in [-0.4, -0.2) is 74.2 Å². The SMILES string of the molecule is FC1C=NC(N/N=C/C2=NCCC(Br)=C2)=NC1N1CCOCC1. The Kier molecular flexibility index (Phi) is 5.63. The Morgan fingerprint density at radius 3 is 3.04 bits per heavy atom. The van der Waals surface area contributed by atoms with Gasteiger partial charge in [0.1, 0.15) is 6.17 Å². The van der Waals surface area contributed by atoms with Gasteiger partial charge in [-0.1, -0.05) is 15.9 Å². The highest BCUT2D eigenvalue weighted by Crippen LogP contribution is 2.15. The quantitative estimate of drug-likeness (QED) is 0.585. The lowest BCUT2D eigenvalue weighted by atomic mass is 10.2. The van der Waals surface area contributed by atoms with E-state index in [9.17, 15) is 4.39 Å². The largest absolute Gasteiger partial charge is 0.379 e. The van der Waals surface area contributed by atoms with Crippen LogP contribution < -0.4 is 5.43 Å². The average Bonchev–Trinajstić information content (AvgIpc) is 2.57. The topological polar surface area (TPSA) is 73.9 Å². The van der Waals surface area contributed by atoms with E-state index in [1.807, 2.05) is 11.0 Å². The molecule has 0 radical (unpaired) electrons. The van der Waals surface area contributed by atoms with E-state index in [0.717, 1.165) is 23.2 Å². The summed E-state index contributed by atoms with van der Waals surface area (Å²) >= 11 is 3.45. The van der Waals surface area contributed by atoms with Gasteiger partial charge in [-0.2, -0.15) is 5.10 Å². The standard InChI is InChI=1S/C14H18BrFN6O/c15-10-1-2-17-11(7-10)8-19-21-14-18-9-12(16)13(20-14)22-3-5-23-6-4-22/h7-9,12-13H,1-6H2,(H,20,21)/b19-8+. The summed E-state index contributed by atoms with van der Waals surface area (Å²) in [6.45, 7) is 3.25. The minimum Gasteiger partial charge on any atom is -0.379 e. The first-order valence-corrected chi connectivity index (χ1v) is 8.29. The third kappa shape index (κ3) is 4.52. The molecule has 3 aliphatic heterocycles. The lowest BCUT2D eigenvalue weighted by Gasteiger charge is -2.33. The molecule has 3 aliphatic rings. The van der Waals surface area contributed by atoms with Crippen molar-refractivity contribution >= 4 is 40.0 Å². The smallest absolute Gasteiger partial charge is 0.240 e. The van der Waals surface area contributed by atoms with Crippen LogP contribution in [0, 0.1) is 0 Å². The number of halogens is 2. The maximum absolute atomic E-state index is 14.0. The maximum Gasteiger partial charge on any atom is 0.240 e. The van der Waals surface area contributed by atoms with E-state index in [1.54, 1.807) is 6.21 Å². The highest BCUT2D eigenvalue weighted by molar-refractivity contribution is 9.11. The third-order valence-electron chi connectivity index (χ3n) is 3.61. The molecular formula is C14H18BrFN6O. The number of nitrogens with zero attached hydrogens (tertiary/aromatic N) is 5. The maximum atomic E-state index is 14.0. The summed E-state index contributed by atoms with van der Waals surface area (Å²) in [5.74, 6) is 0.297. The summed E-state index contributed by atoms with van der Waals surface area (Å²) < 4.78 is 20.4. The zero-order valence-corrected chi connectivity index (χ0v) is 14.1. The summed E-state index contributed by atoms with van der Waals surface area (Å²) in [5, 5.41) is 4.08. The second-order valence-electron chi connectivity index (χ2n) is 5.26. The van der Waals surface area contributed by atoms with Gasteiger partial charge < -0.3 is 4.74 Å². The summed E-state index contributed by atoms with van der Waals surface area (Å²) in [6, 6.07) is 0. The average molecular weight is 385 g/mol. The number of morpholine rings is 1. The first-order valence-electron chi connectivity index (χ1n) is 7.50. The second kappa shape index (κ2) is 7.89. The molecule has 2 unspecified atom stereocenters. The van der Waals surface area contributed by atoms with Crippen molar-refractivity contribution in [1.29, 1.82) is 0 Å². The molecule has 124 valence electrons. The van der Waals surface area contributed by atoms with E-state index in [4.69, 9.17) is 4.74 Å². The molecule has 1 fully saturated rings. The monoisotopic (exact) mass is 384 g/mol. The minimum absolute atomic E-state index is 0.297. The van der Waals surface area contributed by atoms with Gasteiger partial charge in [0, 0.05) is 25.8 Å². The van der Waals surface area contributed by atoms with E-state index >= 15 is 0 Å². The molecule has 2 atom stereocenters. The van der Waals surface area contributed by atoms with Crippen molar-refractivity contribution < 1.29 is 9.13 Å². The molecule has 0 spiro atoms. The Morgan fingerprint density at radius 1 is 1.43 bits per heavy atom. The molecule has 0 aromatic heterocycles. The van der Waals surface area contributed by atoms with Gasteiger partial charge in [0.2, 0.25) is 5.96 Å². The van der Waals surface area contributed by atoms with Crippen LogP contribution in [0.5, 0.6) is 0 Å². The van der Waals surface area contributed by atoms with Gasteiger partial charge in [-0.05, 0) is 17.0 Å². The number of ether oxygens (including phenoxy) is 1. The number of aliphatic imine (C=N–C) groups is 3. The molecule has 3 heterocycles. The van der Waals surface area contributed by atoms with Gasteiger partial charge in [-0.15, -0.1) is 0 Å². The van der Waals surface area contributed by atoms with E-state index in [2.05, 4.69) is 41.4 Å². The fourth-order valence-corrected chi connectivity index (χ4v) is 2.85. The summed E-state index contributed by atoms with van der Waals surface area (Å²) in [4.78, 5) is 14.5. The molecule has 0 aliphatic carbocycles. The Bertz CT molecular complexity index is 582. The summed E-state index contributed by atoms with van der Waals surface area (Å²) in [5.41, 5.74) is 3.51. The van der Waals surface area contributed by atoms with Crippen molar-refractivity contribution in [3.8, 4) is 0 Å². The predicted octanol–water partition coefficient (Wildman–Crippen LogP) is 1.12. The number of alkyl halides is 1. The van der Waals surface area contributed by atoms with Gasteiger partial charge in [0.15, 0.2) is 6.17 Å². The number of guanidine groups is 1. The van der Waals surface area contributed by atoms with E-state index in [-0.39, 0.29) is 0 Å². The zero-order valence-electron chi connectivity index (χ0n) is 12.5. The fraction of sp³-hybridized carbons (Fsp3) is 0.571. The fourth-order valence-electron chi connectivity index (χ4n) is 2.44. The van der Waals surface area contributed by atoms with Crippen LogP contribution in [0.2, 0.25) is 0 Å². The first-order chi connectivity index (χ1) is 11.2. The van der Waals surface area contributed by atoms with E-state index in [1.165, 1.54) is 6.21 Å². The Labute approximate surface area is 142 Å². The van der Waals surface area contributed by atoms with Gasteiger partial charge in [-0.25, -0.2) is 19.8 Å². The van der Waals surface area contributed by atoms with Crippen LogP contribution in [0.3, 0.4) is 0 Å². The van der Waals surface area contributed by atoms with Crippen LogP contribution in [0.4, 0.5) is 4.39 Å². The van der Waals surface area contributed by atoms with Gasteiger partial charge in [0.25, 0.3) is 0 Å². The molecule has 1 saturated heterocycles. The van der Waals surface area contributed by atoms with Gasteiger partial charge in [-0.3, -0.25) is 9.89 Å². The van der Waals surface area contributed by atoms with Crippen molar-refractivity contribution in [1.82, 2.24) is 10.3 Å². The Balaban J connectivity index is 1.60. The molecule has 0 aromatic carbocycles. The van der Waals surface area contributed by atoms with E-state index in [0.29, 0.717) is 32.3 Å². The van der Waals surface area contributed by atoms with Crippen LogP contribution in [-0.2, 0) is 4.74 Å². The van der Waals surface area contributed by atoms with Crippen LogP contribution in [0.15, 0.2) is 30.6 Å². The molecule has 0 saturated carbocycles. The number of hydrogen-bond acceptors (Lipinski definition) is 7. The molecule has 3 rings (SSSR count). The van der Waals surface area contributed by atoms with E-state index < -0.39 is 12.3 Å². The molecular weight excluding hydrogens is 367 g/mol. The normalized spacial score (nSPS) is 29.2. The first kappa shape index (κ1) is 16.4. The van der Waals surface area contributed by atoms with Crippen molar-refractivity contribution in [2.45, 2.75) is 18.8 Å². The predicted molar refractivity (Wildman–Crippen MR) is 92.6 cm³/mol. The molecule has 23 heavy (non-hydrogen) atoms. The van der Waals surface area contributed by atoms with Gasteiger partial charge in [0.05, 0.1) is 25.1 Å². The molecule has 1 N–H and O–H groups in total. The number of hydrazone groups is 1. The zero-order chi connectivity index (χ0) is 16.1. The molecule has 0 bridgehead atoms. The molecule has 0 amide bonds. The number of rotatable bonds is 3. The summed E-state index contributed by atoms with van der Waals surface area (Å²) in [6.07, 6.45) is 3.89. The molecule has 0 aromatic rings. The van der Waals surface area contributed by atoms with Gasteiger partial charge >= 0.3 is 0 Å². The lowest BCUT2D eigenvalue weighted by molar-refractivity contribution is 0.00754. The van der Waals surface area contributed by atoms with Crippen molar-refractivity contribution in [3.05, 3.63) is 10.6 Å². The van der Waals surface area contributed by atoms with Crippen molar-refractivity contribution in [2.24, 2.45) is 20.1 Å². The minimum atomic E-state index is -1.22. The van der Waals surface area contributed by atoms with Crippen LogP contribution >= 0.6 is 15.9 Å². The Hall–Kier alpha value is -1.45. The highest BCUT2D eigenvalue weighted by Gasteiger charge is 2.30. The number of allylic oxidation sites excluding steroid dienone is 1. The Morgan fingerprint density at radius 2 is 2.26 bits per heavy atom. The highest BCUT2D eigenvalue weighted by atomic mass is 79.9. The summed E-state index contributed by atoms with van der Waals surface area (Å²) in [7, 11) is 0. The number of hydrogen-bond donors (Lipinski definition) is 1. The molecule has 7 nitrogen and oxygen atoms in total. The number of dihydropyridines is 1. The van der Waals surface area contributed by atoms with Crippen molar-refractivity contribution in [2.75, 3.05) is 32.8 Å². The second-order valence-corrected chi connectivity index (χ2v) is 6.27. The third-order valence-corrected chi connectivity index (χ3v) is 4.23. The van der Waals surface area contributed by atoms with Crippen molar-refractivity contribution in [3.63, 3.8) is 0 Å². The van der Waals surface area contributed by atoms with Crippen LogP contribution in [0.1, 0.15) is 6.42 Å².